The van der Waals surface area contributed by atoms with Gasteiger partial charge in [-0.15, -0.1) is 0 Å². The van der Waals surface area contributed by atoms with Gasteiger partial charge in [0.25, 0.3) is 5.91 Å². The van der Waals surface area contributed by atoms with E-state index in [0.717, 1.165) is 54.6 Å². The summed E-state index contributed by atoms with van der Waals surface area (Å²) >= 11 is 6.17. The fourth-order valence-corrected chi connectivity index (χ4v) is 6.26. The number of aryl methyl sites for hydroxylation is 1. The van der Waals surface area contributed by atoms with Crippen LogP contribution in [0.4, 0.5) is 0 Å². The van der Waals surface area contributed by atoms with Crippen molar-refractivity contribution in [2.45, 2.75) is 58.1 Å². The zero-order chi connectivity index (χ0) is 27.6. The molecule has 0 radical (unpaired) electrons. The van der Waals surface area contributed by atoms with Gasteiger partial charge in [-0.2, -0.15) is 4.73 Å². The third kappa shape index (κ3) is 5.89. The molecule has 3 aromatic rings. The molecule has 2 aliphatic heterocycles. The Labute approximate surface area is 236 Å². The first kappa shape index (κ1) is 27.4. The molecule has 39 heavy (non-hydrogen) atoms. The van der Waals surface area contributed by atoms with Crippen molar-refractivity contribution in [3.05, 3.63) is 93.5 Å². The lowest BCUT2D eigenvalue weighted by Gasteiger charge is -2.49. The molecule has 0 spiro atoms. The van der Waals surface area contributed by atoms with Crippen molar-refractivity contribution in [1.29, 1.82) is 0 Å². The molecule has 8 heteroatoms. The van der Waals surface area contributed by atoms with Gasteiger partial charge in [0.2, 0.25) is 11.6 Å². The van der Waals surface area contributed by atoms with Crippen LogP contribution in [0.25, 0.3) is 0 Å². The zero-order valence-corrected chi connectivity index (χ0v) is 23.7. The number of carbonyl (C=O) groups is 1. The largest absolute Gasteiger partial charge is 0.618 e. The topological polar surface area (TPSA) is 72.6 Å². The fourth-order valence-electron chi connectivity index (χ4n) is 6.14. The van der Waals surface area contributed by atoms with E-state index in [1.54, 1.807) is 19.2 Å². The second kappa shape index (κ2) is 11.5. The molecule has 1 unspecified atom stereocenters. The number of piperidine rings is 2. The summed E-state index contributed by atoms with van der Waals surface area (Å²) in [5, 5.41) is 12.8. The molecular formula is C31H37ClN4O3. The number of pyridine rings is 2. The molecule has 1 atom stereocenters. The third-order valence-corrected chi connectivity index (χ3v) is 8.96. The van der Waals surface area contributed by atoms with Gasteiger partial charge in [0.05, 0.1) is 0 Å². The Bertz CT molecular complexity index is 1290. The van der Waals surface area contributed by atoms with Crippen LogP contribution in [0.1, 0.15) is 65.9 Å². The summed E-state index contributed by atoms with van der Waals surface area (Å²) in [4.78, 5) is 22.3. The molecule has 0 aliphatic carbocycles. The number of rotatable bonds is 6. The standard InChI is InChI=1S/C31H37ClN4O3/c1-22-11-19-36(38)23(2)28(22)30(37)34-20-14-31(3,15-21-34)35-17-12-25(13-18-35)29(24-7-9-26(32)10-8-24)39-27-6-4-5-16-33-27/h4-11,16,19,25,29H,12-15,17-18,20-21H2,1-3H3. The van der Waals surface area contributed by atoms with Crippen LogP contribution in [0.5, 0.6) is 5.88 Å². The van der Waals surface area contributed by atoms with Crippen molar-refractivity contribution < 1.29 is 14.3 Å². The minimum Gasteiger partial charge on any atom is -0.618 e. The summed E-state index contributed by atoms with van der Waals surface area (Å²) in [6.45, 7) is 9.31. The van der Waals surface area contributed by atoms with Gasteiger partial charge in [-0.1, -0.05) is 29.8 Å². The molecule has 0 saturated carbocycles. The van der Waals surface area contributed by atoms with Crippen LogP contribution in [-0.4, -0.2) is 52.4 Å². The van der Waals surface area contributed by atoms with Crippen molar-refractivity contribution in [2.24, 2.45) is 5.92 Å². The molecule has 4 heterocycles. The average molecular weight is 549 g/mol. The summed E-state index contributed by atoms with van der Waals surface area (Å²) in [5.41, 5.74) is 3.02. The maximum atomic E-state index is 13.3. The van der Waals surface area contributed by atoms with E-state index < -0.39 is 0 Å². The Morgan fingerprint density at radius 3 is 2.41 bits per heavy atom. The van der Waals surface area contributed by atoms with E-state index in [9.17, 15) is 10.0 Å². The van der Waals surface area contributed by atoms with Crippen molar-refractivity contribution in [1.82, 2.24) is 14.8 Å². The van der Waals surface area contributed by atoms with Crippen LogP contribution < -0.4 is 9.47 Å². The molecule has 2 aromatic heterocycles. The maximum Gasteiger partial charge on any atom is 0.260 e. The normalized spacial score (nSPS) is 19.0. The molecule has 1 amide bonds. The van der Waals surface area contributed by atoms with E-state index in [1.807, 2.05) is 42.2 Å². The number of ether oxygens (including phenoxy) is 1. The van der Waals surface area contributed by atoms with Gasteiger partial charge < -0.3 is 14.8 Å². The molecule has 2 aliphatic rings. The number of hydrogen-bond acceptors (Lipinski definition) is 5. The van der Waals surface area contributed by atoms with Gasteiger partial charge in [-0.05, 0) is 81.9 Å². The predicted octanol–water partition coefficient (Wildman–Crippen LogP) is 5.51. The highest BCUT2D eigenvalue weighted by Crippen LogP contribution is 2.39. The Morgan fingerprint density at radius 1 is 1.08 bits per heavy atom. The smallest absolute Gasteiger partial charge is 0.260 e. The van der Waals surface area contributed by atoms with Crippen molar-refractivity contribution in [3.63, 3.8) is 0 Å². The summed E-state index contributed by atoms with van der Waals surface area (Å²) in [6.07, 6.45) is 7.00. The first-order valence-corrected chi connectivity index (χ1v) is 14.2. The molecule has 1 aromatic carbocycles. The minimum absolute atomic E-state index is 0.0339. The maximum absolute atomic E-state index is 13.3. The molecule has 7 nitrogen and oxygen atoms in total. The van der Waals surface area contributed by atoms with E-state index >= 15 is 0 Å². The molecular weight excluding hydrogens is 512 g/mol. The van der Waals surface area contributed by atoms with Crippen LogP contribution >= 0.6 is 11.6 Å². The highest BCUT2D eigenvalue weighted by atomic mass is 35.5. The number of halogens is 1. The SMILES string of the molecule is Cc1cc[n+]([O-])c(C)c1C(=O)N1CCC(C)(N2CCC(C(Oc3ccccn3)c3ccc(Cl)cc3)CC2)CC1. The van der Waals surface area contributed by atoms with E-state index in [2.05, 4.69) is 28.9 Å². The van der Waals surface area contributed by atoms with Gasteiger partial charge in [0.1, 0.15) is 11.7 Å². The van der Waals surface area contributed by atoms with Crippen LogP contribution in [-0.2, 0) is 0 Å². The van der Waals surface area contributed by atoms with E-state index in [-0.39, 0.29) is 17.6 Å². The van der Waals surface area contributed by atoms with Crippen molar-refractivity contribution in [3.8, 4) is 5.88 Å². The number of amides is 1. The van der Waals surface area contributed by atoms with E-state index in [0.29, 0.717) is 41.2 Å². The van der Waals surface area contributed by atoms with Crippen molar-refractivity contribution in [2.75, 3.05) is 26.2 Å². The first-order chi connectivity index (χ1) is 18.7. The number of hydrogen-bond donors (Lipinski definition) is 0. The van der Waals surface area contributed by atoms with Crippen LogP contribution in [0.3, 0.4) is 0 Å². The lowest BCUT2D eigenvalue weighted by atomic mass is 9.82. The second-order valence-corrected chi connectivity index (χ2v) is 11.6. The third-order valence-electron chi connectivity index (χ3n) is 8.70. The van der Waals surface area contributed by atoms with Gasteiger partial charge in [-0.25, -0.2) is 4.98 Å². The minimum atomic E-state index is -0.0901. The predicted molar refractivity (Wildman–Crippen MR) is 152 cm³/mol. The lowest BCUT2D eigenvalue weighted by molar-refractivity contribution is -0.612. The zero-order valence-electron chi connectivity index (χ0n) is 23.0. The van der Waals surface area contributed by atoms with Crippen LogP contribution in [0.2, 0.25) is 5.02 Å². The Hall–Kier alpha value is -3.16. The number of benzene rings is 1. The molecule has 0 N–H and O–H groups in total. The Kier molecular flexibility index (Phi) is 8.10. The molecule has 0 bridgehead atoms. The quantitative estimate of drug-likeness (QED) is 0.300. The highest BCUT2D eigenvalue weighted by Gasteiger charge is 2.40. The Balaban J connectivity index is 1.23. The van der Waals surface area contributed by atoms with Gasteiger partial charge >= 0.3 is 0 Å². The molecule has 2 saturated heterocycles. The number of aromatic nitrogens is 2. The summed E-state index contributed by atoms with van der Waals surface area (Å²) in [6, 6.07) is 15.4. The van der Waals surface area contributed by atoms with Crippen LogP contribution in [0, 0.1) is 25.0 Å². The van der Waals surface area contributed by atoms with E-state index in [4.69, 9.17) is 16.3 Å². The van der Waals surface area contributed by atoms with Gasteiger partial charge in [0.15, 0.2) is 6.20 Å². The lowest BCUT2D eigenvalue weighted by Crippen LogP contribution is -2.57. The number of carbonyl (C=O) groups excluding carboxylic acids is 1. The molecule has 2 fully saturated rings. The van der Waals surface area contributed by atoms with Gasteiger partial charge in [-0.3, -0.25) is 9.69 Å². The highest BCUT2D eigenvalue weighted by molar-refractivity contribution is 6.30. The average Bonchev–Trinajstić information content (AvgIpc) is 2.95. The number of nitrogens with zero attached hydrogens (tertiary/aromatic N) is 4. The van der Waals surface area contributed by atoms with Gasteiger partial charge in [0, 0.05) is 54.8 Å². The summed E-state index contributed by atoms with van der Waals surface area (Å²) < 4.78 is 7.24. The molecule has 5 rings (SSSR count). The second-order valence-electron chi connectivity index (χ2n) is 11.2. The van der Waals surface area contributed by atoms with E-state index in [1.165, 1.54) is 6.20 Å². The van der Waals surface area contributed by atoms with Crippen LogP contribution in [0.15, 0.2) is 60.9 Å². The fraction of sp³-hybridized carbons (Fsp3) is 0.452. The monoisotopic (exact) mass is 548 g/mol. The van der Waals surface area contributed by atoms with Crippen molar-refractivity contribution >= 4 is 17.5 Å². The summed E-state index contributed by atoms with van der Waals surface area (Å²) in [5.74, 6) is 0.959. The Morgan fingerprint density at radius 2 is 1.77 bits per heavy atom. The molecule has 206 valence electrons. The number of likely N-dealkylation sites (tertiary alicyclic amines) is 2. The summed E-state index contributed by atoms with van der Waals surface area (Å²) in [7, 11) is 0. The first-order valence-electron chi connectivity index (χ1n) is 13.8.